The predicted molar refractivity (Wildman–Crippen MR) is 112 cm³/mol. The number of hydrogen-bond acceptors (Lipinski definition) is 9. The van der Waals surface area contributed by atoms with E-state index in [4.69, 9.17) is 31.0 Å². The van der Waals surface area contributed by atoms with Crippen LogP contribution in [0, 0.1) is 0 Å². The molecule has 0 radical (unpaired) electrons. The molecule has 0 aromatic carbocycles. The van der Waals surface area contributed by atoms with E-state index < -0.39 is 18.9 Å². The second-order valence-corrected chi connectivity index (χ2v) is 12.4. The van der Waals surface area contributed by atoms with Crippen molar-refractivity contribution < 1.29 is 40.4 Å². The summed E-state index contributed by atoms with van der Waals surface area (Å²) in [5.74, 6) is -0.118. The Morgan fingerprint density at radius 2 is 1.73 bits per heavy atom. The van der Waals surface area contributed by atoms with Crippen molar-refractivity contribution >= 4 is 31.2 Å². The molecular weight excluding hydrogens is 432 g/mol. The molecule has 0 amide bonds. The van der Waals surface area contributed by atoms with Crippen LogP contribution in [0.3, 0.4) is 0 Å². The monoisotopic (exact) mass is 468 g/mol. The molecular formula is C18H36N2O8SSi. The molecule has 12 heteroatoms. The lowest BCUT2D eigenvalue weighted by atomic mass is 10.1. The third kappa shape index (κ3) is 10.3. The zero-order chi connectivity index (χ0) is 22.8. The van der Waals surface area contributed by atoms with E-state index in [0.717, 1.165) is 57.8 Å². The van der Waals surface area contributed by atoms with Crippen LogP contribution in [0.5, 0.6) is 0 Å². The maximum Gasteiger partial charge on any atom is 0.500 e. The molecule has 2 rings (SSSR count). The van der Waals surface area contributed by atoms with E-state index >= 15 is 0 Å². The van der Waals surface area contributed by atoms with Crippen LogP contribution in [0.15, 0.2) is 0 Å². The molecule has 1 aliphatic carbocycles. The summed E-state index contributed by atoms with van der Waals surface area (Å²) in [4.78, 5) is 14.4. The van der Waals surface area contributed by atoms with Gasteiger partial charge in [-0.05, 0) is 39.0 Å². The van der Waals surface area contributed by atoms with Crippen LogP contribution in [0.4, 0.5) is 0 Å². The Balaban J connectivity index is 0.000000804. The first-order valence-corrected chi connectivity index (χ1v) is 13.8. The van der Waals surface area contributed by atoms with Crippen molar-refractivity contribution in [3.05, 3.63) is 0 Å². The first-order chi connectivity index (χ1) is 13.9. The van der Waals surface area contributed by atoms with Crippen LogP contribution in [-0.4, -0.2) is 103 Å². The van der Waals surface area contributed by atoms with Gasteiger partial charge in [-0.25, -0.2) is 13.2 Å². The first-order valence-electron chi connectivity index (χ1n) is 10.1. The van der Waals surface area contributed by atoms with Crippen molar-refractivity contribution in [2.75, 3.05) is 53.8 Å². The molecule has 30 heavy (non-hydrogen) atoms. The Morgan fingerprint density at radius 1 is 1.20 bits per heavy atom. The highest BCUT2D eigenvalue weighted by molar-refractivity contribution is 7.84. The molecule has 10 nitrogen and oxygen atoms in total. The maximum atomic E-state index is 12.2. The van der Waals surface area contributed by atoms with Crippen LogP contribution in [-0.2, 0) is 32.9 Å². The number of rotatable bonds is 10. The minimum absolute atomic E-state index is 0.118. The topological polar surface area (TPSA) is 117 Å². The molecule has 0 atom stereocenters. The molecule has 1 heterocycles. The number of carbonyl (C=O) groups excluding carboxylic acids is 1. The highest BCUT2D eigenvalue weighted by atomic mass is 32.2. The number of esters is 1. The SMILES string of the molecule is CO[Si](CCCN1C=[N+](CC(=O)OC2(C)CCCC2)CC1)(OC)OC.CS(=O)(=O)[O-]. The second-order valence-electron chi connectivity index (χ2n) is 7.86. The Labute approximate surface area is 181 Å². The lowest BCUT2D eigenvalue weighted by Gasteiger charge is -2.24. The third-order valence-corrected chi connectivity index (χ3v) is 8.05. The lowest BCUT2D eigenvalue weighted by molar-refractivity contribution is -0.504. The summed E-state index contributed by atoms with van der Waals surface area (Å²) in [6.07, 6.45) is 7.85. The summed E-state index contributed by atoms with van der Waals surface area (Å²) in [6.45, 7) is 5.06. The van der Waals surface area contributed by atoms with Gasteiger partial charge in [-0.1, -0.05) is 0 Å². The van der Waals surface area contributed by atoms with E-state index in [1.165, 1.54) is 0 Å². The van der Waals surface area contributed by atoms with Crippen molar-refractivity contribution in [3.63, 3.8) is 0 Å². The molecule has 1 fully saturated rings. The molecule has 2 aliphatic rings. The summed E-state index contributed by atoms with van der Waals surface area (Å²) in [5.41, 5.74) is -0.245. The van der Waals surface area contributed by atoms with E-state index in [2.05, 4.69) is 11.8 Å². The van der Waals surface area contributed by atoms with E-state index in [9.17, 15) is 4.79 Å². The Kier molecular flexibility index (Phi) is 10.9. The van der Waals surface area contributed by atoms with Crippen LogP contribution >= 0.6 is 0 Å². The fraction of sp³-hybridized carbons (Fsp3) is 0.889. The van der Waals surface area contributed by atoms with Crippen molar-refractivity contribution in [1.82, 2.24) is 4.90 Å². The van der Waals surface area contributed by atoms with E-state index in [1.807, 2.05) is 10.9 Å². The molecule has 1 aliphatic heterocycles. The number of carbonyl (C=O) groups is 1. The Morgan fingerprint density at radius 3 is 2.23 bits per heavy atom. The van der Waals surface area contributed by atoms with Gasteiger partial charge in [-0.3, -0.25) is 9.48 Å². The largest absolute Gasteiger partial charge is 0.748 e. The number of hydrogen-bond donors (Lipinski definition) is 0. The van der Waals surface area contributed by atoms with Crippen molar-refractivity contribution in [1.29, 1.82) is 0 Å². The molecule has 0 aromatic heterocycles. The molecule has 0 bridgehead atoms. The fourth-order valence-corrected chi connectivity index (χ4v) is 5.35. The highest BCUT2D eigenvalue weighted by Gasteiger charge is 2.38. The van der Waals surface area contributed by atoms with Gasteiger partial charge in [-0.2, -0.15) is 0 Å². The molecule has 176 valence electrons. The summed E-state index contributed by atoms with van der Waals surface area (Å²) in [6, 6.07) is 0.779. The summed E-state index contributed by atoms with van der Waals surface area (Å²) in [5, 5.41) is 0. The average molecular weight is 469 g/mol. The van der Waals surface area contributed by atoms with Crippen molar-refractivity contribution in [2.24, 2.45) is 0 Å². The normalized spacial score (nSPS) is 18.6. The molecule has 1 saturated carbocycles. The third-order valence-electron chi connectivity index (χ3n) is 5.22. The average Bonchev–Trinajstić information content (AvgIpc) is 3.27. The highest BCUT2D eigenvalue weighted by Crippen LogP contribution is 2.32. The number of nitrogens with zero attached hydrogens (tertiary/aromatic N) is 2. The maximum absolute atomic E-state index is 12.2. The standard InChI is InChI=1S/C17H33N2O5Si.CH4O3S/c1-17(8-5-6-9-17)24-16(20)14-19-12-11-18(15-19)10-7-13-25(21-2,22-3)23-4;1-5(2,3)4/h15H,5-14H2,1-4H3;1H3,(H,2,3,4)/q+1;/p-1. The Bertz CT molecular complexity index is 659. The molecule has 0 aromatic rings. The quantitative estimate of drug-likeness (QED) is 0.197. The molecule has 0 unspecified atom stereocenters. The van der Waals surface area contributed by atoms with E-state index in [1.54, 1.807) is 21.3 Å². The van der Waals surface area contributed by atoms with E-state index in [0.29, 0.717) is 12.8 Å². The van der Waals surface area contributed by atoms with Crippen LogP contribution in [0.1, 0.15) is 39.0 Å². The summed E-state index contributed by atoms with van der Waals surface area (Å²) >= 11 is 0. The molecule has 0 saturated heterocycles. The van der Waals surface area contributed by atoms with Crippen LogP contribution in [0.2, 0.25) is 6.04 Å². The smallest absolute Gasteiger partial charge is 0.500 e. The van der Waals surface area contributed by atoms with Gasteiger partial charge in [0.05, 0.1) is 16.7 Å². The zero-order valence-electron chi connectivity index (χ0n) is 18.7. The molecule has 0 spiro atoms. The van der Waals surface area contributed by atoms with Gasteiger partial charge in [0.1, 0.15) is 18.7 Å². The van der Waals surface area contributed by atoms with Gasteiger partial charge in [0.15, 0.2) is 6.54 Å². The van der Waals surface area contributed by atoms with Gasteiger partial charge in [0.2, 0.25) is 6.34 Å². The van der Waals surface area contributed by atoms with Gasteiger partial charge in [0, 0.05) is 33.6 Å². The summed E-state index contributed by atoms with van der Waals surface area (Å²) < 4.78 is 51.3. The Hall–Kier alpha value is -1.05. The van der Waals surface area contributed by atoms with Gasteiger partial charge in [-0.15, -0.1) is 0 Å². The van der Waals surface area contributed by atoms with Crippen molar-refractivity contribution in [3.8, 4) is 0 Å². The predicted octanol–water partition coefficient (Wildman–Crippen LogP) is 0.648. The van der Waals surface area contributed by atoms with Gasteiger partial charge < -0.3 is 22.6 Å². The van der Waals surface area contributed by atoms with E-state index in [-0.39, 0.29) is 11.6 Å². The van der Waals surface area contributed by atoms with Crippen molar-refractivity contribution in [2.45, 2.75) is 50.7 Å². The van der Waals surface area contributed by atoms with Gasteiger partial charge >= 0.3 is 14.8 Å². The zero-order valence-corrected chi connectivity index (χ0v) is 20.5. The minimum Gasteiger partial charge on any atom is -0.748 e. The van der Waals surface area contributed by atoms with Crippen LogP contribution < -0.4 is 0 Å². The van der Waals surface area contributed by atoms with Crippen LogP contribution in [0.25, 0.3) is 0 Å². The molecule has 0 N–H and O–H groups in total. The number of ether oxygens (including phenoxy) is 1. The minimum atomic E-state index is -3.92. The lowest BCUT2D eigenvalue weighted by Crippen LogP contribution is -2.43. The van der Waals surface area contributed by atoms with Gasteiger partial charge in [0.25, 0.3) is 0 Å². The first kappa shape index (κ1) is 27.0. The second kappa shape index (κ2) is 12.1. The summed E-state index contributed by atoms with van der Waals surface area (Å²) in [7, 11) is -1.49. The fourth-order valence-electron chi connectivity index (χ4n) is 3.65.